The molecule has 7 heteroatoms. The largest absolute Gasteiger partial charge is 0.493 e. The average Bonchev–Trinajstić information content (AvgIpc) is 2.65. The van der Waals surface area contributed by atoms with Gasteiger partial charge in [0.2, 0.25) is 5.91 Å². The lowest BCUT2D eigenvalue weighted by Gasteiger charge is -2.14. The van der Waals surface area contributed by atoms with Gasteiger partial charge >= 0.3 is 0 Å². The van der Waals surface area contributed by atoms with Crippen molar-refractivity contribution in [1.29, 1.82) is 0 Å². The monoisotopic (exact) mass is 374 g/mol. The Balaban J connectivity index is 1.87. The predicted molar refractivity (Wildman–Crippen MR) is 102 cm³/mol. The van der Waals surface area contributed by atoms with Crippen LogP contribution in [0, 0.1) is 0 Å². The van der Waals surface area contributed by atoms with Crippen LogP contribution in [0.15, 0.2) is 53.4 Å². The summed E-state index contributed by atoms with van der Waals surface area (Å²) < 4.78 is 10.9. The summed E-state index contributed by atoms with van der Waals surface area (Å²) in [6.07, 6.45) is -0.00928. The molecule has 2 N–H and O–H groups in total. The number of rotatable bonds is 7. The van der Waals surface area contributed by atoms with Crippen molar-refractivity contribution in [2.24, 2.45) is 0 Å². The second-order valence-electron chi connectivity index (χ2n) is 5.64. The van der Waals surface area contributed by atoms with E-state index in [-0.39, 0.29) is 17.8 Å². The number of hydrogen-bond acceptors (Lipinski definition) is 5. The van der Waals surface area contributed by atoms with E-state index in [9.17, 15) is 9.59 Å². The third-order valence-corrected chi connectivity index (χ3v) is 4.23. The predicted octanol–water partition coefficient (Wildman–Crippen LogP) is 3.04. The first-order valence-electron chi connectivity index (χ1n) is 8.11. The van der Waals surface area contributed by atoms with Gasteiger partial charge in [-0.3, -0.25) is 20.4 Å². The molecule has 0 aliphatic carbocycles. The van der Waals surface area contributed by atoms with Crippen molar-refractivity contribution in [3.63, 3.8) is 0 Å². The summed E-state index contributed by atoms with van der Waals surface area (Å²) in [4.78, 5) is 25.0. The van der Waals surface area contributed by atoms with E-state index >= 15 is 0 Å². The van der Waals surface area contributed by atoms with E-state index in [1.54, 1.807) is 18.2 Å². The van der Waals surface area contributed by atoms with Gasteiger partial charge in [0.1, 0.15) is 0 Å². The average molecular weight is 374 g/mol. The number of methoxy groups -OCH3 is 1. The summed E-state index contributed by atoms with van der Waals surface area (Å²) in [6, 6.07) is 14.4. The van der Waals surface area contributed by atoms with Crippen molar-refractivity contribution in [3.8, 4) is 11.5 Å². The van der Waals surface area contributed by atoms with Crippen LogP contribution in [0.4, 0.5) is 0 Å². The zero-order valence-corrected chi connectivity index (χ0v) is 15.8. The summed E-state index contributed by atoms with van der Waals surface area (Å²) in [5, 5.41) is 0. The molecule has 0 fully saturated rings. The van der Waals surface area contributed by atoms with Gasteiger partial charge in [-0.2, -0.15) is 0 Å². The van der Waals surface area contributed by atoms with Crippen LogP contribution >= 0.6 is 11.8 Å². The van der Waals surface area contributed by atoms with Crippen molar-refractivity contribution in [1.82, 2.24) is 10.9 Å². The molecule has 0 aromatic heterocycles. The molecule has 0 saturated heterocycles. The van der Waals surface area contributed by atoms with Crippen LogP contribution in [0.2, 0.25) is 0 Å². The summed E-state index contributed by atoms with van der Waals surface area (Å²) in [6.45, 7) is 3.81. The highest BCUT2D eigenvalue weighted by Crippen LogP contribution is 2.28. The molecule has 0 spiro atoms. The molecule has 0 unspecified atom stereocenters. The minimum atomic E-state index is -0.433. The van der Waals surface area contributed by atoms with Gasteiger partial charge in [-0.15, -0.1) is 11.8 Å². The number of ether oxygens (including phenoxy) is 2. The zero-order chi connectivity index (χ0) is 18.9. The molecule has 138 valence electrons. The minimum Gasteiger partial charge on any atom is -0.493 e. The summed E-state index contributed by atoms with van der Waals surface area (Å²) in [5.74, 6) is 0.491. The number of benzene rings is 2. The van der Waals surface area contributed by atoms with Gasteiger partial charge in [-0.05, 0) is 44.2 Å². The van der Waals surface area contributed by atoms with Crippen LogP contribution < -0.4 is 20.3 Å². The van der Waals surface area contributed by atoms with Crippen LogP contribution in [-0.4, -0.2) is 30.8 Å². The molecule has 0 aliphatic rings. The zero-order valence-electron chi connectivity index (χ0n) is 14.9. The number of carbonyl (C=O) groups excluding carboxylic acids is 2. The first kappa shape index (κ1) is 19.7. The molecule has 0 heterocycles. The molecule has 0 saturated carbocycles. The Hall–Kier alpha value is -2.67. The first-order valence-corrected chi connectivity index (χ1v) is 9.10. The van der Waals surface area contributed by atoms with Crippen LogP contribution in [0.1, 0.15) is 24.2 Å². The summed E-state index contributed by atoms with van der Waals surface area (Å²) >= 11 is 1.39. The van der Waals surface area contributed by atoms with E-state index in [2.05, 4.69) is 10.9 Å². The van der Waals surface area contributed by atoms with Crippen LogP contribution in [0.3, 0.4) is 0 Å². The van der Waals surface area contributed by atoms with E-state index < -0.39 is 5.91 Å². The number of thioether (sulfide) groups is 1. The molecular weight excluding hydrogens is 352 g/mol. The highest BCUT2D eigenvalue weighted by molar-refractivity contribution is 8.00. The molecular formula is C19H22N2O4S. The Morgan fingerprint density at radius 2 is 1.77 bits per heavy atom. The Morgan fingerprint density at radius 3 is 2.42 bits per heavy atom. The van der Waals surface area contributed by atoms with Gasteiger partial charge in [0.05, 0.1) is 19.0 Å². The molecule has 6 nitrogen and oxygen atoms in total. The third kappa shape index (κ3) is 6.00. The molecule has 2 aromatic rings. The highest BCUT2D eigenvalue weighted by atomic mass is 32.2. The van der Waals surface area contributed by atoms with Crippen molar-refractivity contribution in [2.75, 3.05) is 12.9 Å². The van der Waals surface area contributed by atoms with E-state index in [1.165, 1.54) is 18.9 Å². The maximum absolute atomic E-state index is 12.2. The molecule has 2 amide bonds. The molecule has 0 radical (unpaired) electrons. The van der Waals surface area contributed by atoms with Crippen molar-refractivity contribution in [2.45, 2.75) is 24.8 Å². The Labute approximate surface area is 157 Å². The second-order valence-corrected chi connectivity index (χ2v) is 6.69. The van der Waals surface area contributed by atoms with E-state index in [0.29, 0.717) is 17.1 Å². The maximum atomic E-state index is 12.2. The highest BCUT2D eigenvalue weighted by Gasteiger charge is 2.13. The minimum absolute atomic E-state index is 0.00928. The van der Waals surface area contributed by atoms with Gasteiger partial charge in [-0.25, -0.2) is 0 Å². The molecule has 26 heavy (non-hydrogen) atoms. The Morgan fingerprint density at radius 1 is 1.04 bits per heavy atom. The molecule has 0 atom stereocenters. The van der Waals surface area contributed by atoms with Gasteiger partial charge < -0.3 is 9.47 Å². The number of hydrazine groups is 1. The van der Waals surface area contributed by atoms with Crippen molar-refractivity contribution < 1.29 is 19.1 Å². The van der Waals surface area contributed by atoms with Gasteiger partial charge in [-0.1, -0.05) is 18.2 Å². The standard InChI is InChI=1S/C19H22N2O4S/c1-13(2)25-16-10-9-14(11-17(16)24-3)19(23)21-20-18(22)12-26-15-7-5-4-6-8-15/h4-11,13H,12H2,1-3H3,(H,20,22)(H,21,23). The molecule has 0 bridgehead atoms. The third-order valence-electron chi connectivity index (χ3n) is 3.22. The second kappa shape index (κ2) is 9.72. The topological polar surface area (TPSA) is 76.7 Å². The van der Waals surface area contributed by atoms with E-state index in [0.717, 1.165) is 4.90 Å². The maximum Gasteiger partial charge on any atom is 0.269 e. The molecule has 2 rings (SSSR count). The smallest absolute Gasteiger partial charge is 0.269 e. The molecule has 0 aliphatic heterocycles. The molecule has 2 aromatic carbocycles. The van der Waals surface area contributed by atoms with E-state index in [4.69, 9.17) is 9.47 Å². The SMILES string of the molecule is COc1cc(C(=O)NNC(=O)CSc2ccccc2)ccc1OC(C)C. The van der Waals surface area contributed by atoms with Crippen LogP contribution in [0.5, 0.6) is 11.5 Å². The number of hydrogen-bond donors (Lipinski definition) is 2. The van der Waals surface area contributed by atoms with Crippen LogP contribution in [-0.2, 0) is 4.79 Å². The van der Waals surface area contributed by atoms with Gasteiger partial charge in [0.25, 0.3) is 5.91 Å². The van der Waals surface area contributed by atoms with Crippen molar-refractivity contribution in [3.05, 3.63) is 54.1 Å². The fourth-order valence-corrected chi connectivity index (χ4v) is 2.78. The lowest BCUT2D eigenvalue weighted by molar-refractivity contribution is -0.119. The number of amides is 2. The fraction of sp³-hybridized carbons (Fsp3) is 0.263. The van der Waals surface area contributed by atoms with Gasteiger partial charge in [0.15, 0.2) is 11.5 Å². The quantitative estimate of drug-likeness (QED) is 0.575. The normalized spacial score (nSPS) is 10.3. The fourth-order valence-electron chi connectivity index (χ4n) is 2.06. The van der Waals surface area contributed by atoms with Crippen molar-refractivity contribution >= 4 is 23.6 Å². The lowest BCUT2D eigenvalue weighted by atomic mass is 10.2. The van der Waals surface area contributed by atoms with E-state index in [1.807, 2.05) is 44.2 Å². The summed E-state index contributed by atoms with van der Waals surface area (Å²) in [7, 11) is 1.51. The summed E-state index contributed by atoms with van der Waals surface area (Å²) in [5.41, 5.74) is 5.16. The number of nitrogens with one attached hydrogen (secondary N) is 2. The van der Waals surface area contributed by atoms with Crippen LogP contribution in [0.25, 0.3) is 0 Å². The number of carbonyl (C=O) groups is 2. The Kier molecular flexibility index (Phi) is 7.35. The lowest BCUT2D eigenvalue weighted by Crippen LogP contribution is -2.42. The first-order chi connectivity index (χ1) is 12.5. The van der Waals surface area contributed by atoms with Gasteiger partial charge in [0, 0.05) is 10.5 Å². The Bertz CT molecular complexity index is 750.